The van der Waals surface area contributed by atoms with Gasteiger partial charge in [0.15, 0.2) is 0 Å². The molecule has 2 aromatic rings. The molecule has 6 heteroatoms. The van der Waals surface area contributed by atoms with Crippen molar-refractivity contribution in [2.24, 2.45) is 0 Å². The largest absolute Gasteiger partial charge is 0.338 e. The molecule has 0 atom stereocenters. The van der Waals surface area contributed by atoms with Crippen molar-refractivity contribution >= 4 is 17.8 Å². The van der Waals surface area contributed by atoms with E-state index in [1.807, 2.05) is 31.2 Å². The lowest BCUT2D eigenvalue weighted by Crippen LogP contribution is -2.42. The van der Waals surface area contributed by atoms with Crippen LogP contribution in [-0.4, -0.2) is 42.4 Å². The van der Waals surface area contributed by atoms with Crippen LogP contribution in [0.25, 0.3) is 0 Å². The monoisotopic (exact) mass is 351 g/mol. The molecule has 2 aromatic carbocycles. The minimum absolute atomic E-state index is 0.151. The quantitative estimate of drug-likeness (QED) is 0.783. The molecule has 0 saturated heterocycles. The van der Waals surface area contributed by atoms with Crippen LogP contribution in [0.5, 0.6) is 0 Å². The Morgan fingerprint density at radius 2 is 1.46 bits per heavy atom. The summed E-state index contributed by atoms with van der Waals surface area (Å²) in [6, 6.07) is 14.6. The van der Waals surface area contributed by atoms with Gasteiger partial charge in [-0.2, -0.15) is 0 Å². The van der Waals surface area contributed by atoms with Crippen molar-refractivity contribution < 1.29 is 14.4 Å². The molecule has 2 N–H and O–H groups in total. The second-order valence-electron chi connectivity index (χ2n) is 6.23. The van der Waals surface area contributed by atoms with Gasteiger partial charge in [-0.25, -0.2) is 4.79 Å². The van der Waals surface area contributed by atoms with Crippen LogP contribution in [0.2, 0.25) is 0 Å². The normalized spacial score (nSPS) is 12.9. The number of nitrogens with one attached hydrogen (secondary N) is 2. The summed E-state index contributed by atoms with van der Waals surface area (Å²) in [5.41, 5.74) is 3.19. The standard InChI is InChI=1S/C20H21N3O3/c1-14-6-8-15(9-7-14)10-11-21-20(26)22-12-13-23-18(24)16-4-2-3-5-17(16)19(23)25/h2-9H,10-13H2,1H3,(H2,21,22,26). The highest BCUT2D eigenvalue weighted by atomic mass is 16.2. The first kappa shape index (κ1) is 17.7. The van der Waals surface area contributed by atoms with E-state index < -0.39 is 0 Å². The average Bonchev–Trinajstić information content (AvgIpc) is 2.89. The molecule has 0 bridgehead atoms. The van der Waals surface area contributed by atoms with Gasteiger partial charge in [-0.1, -0.05) is 42.0 Å². The van der Waals surface area contributed by atoms with Gasteiger partial charge in [-0.3, -0.25) is 14.5 Å². The number of benzene rings is 2. The summed E-state index contributed by atoms with van der Waals surface area (Å²) in [5.74, 6) is -0.626. The van der Waals surface area contributed by atoms with Gasteiger partial charge in [0.1, 0.15) is 0 Å². The lowest BCUT2D eigenvalue weighted by Gasteiger charge is -2.14. The van der Waals surface area contributed by atoms with Crippen molar-refractivity contribution in [2.75, 3.05) is 19.6 Å². The molecule has 0 spiro atoms. The van der Waals surface area contributed by atoms with Gasteiger partial charge in [0.2, 0.25) is 0 Å². The van der Waals surface area contributed by atoms with Crippen molar-refractivity contribution in [3.8, 4) is 0 Å². The molecule has 3 rings (SSSR count). The van der Waals surface area contributed by atoms with Crippen molar-refractivity contribution in [2.45, 2.75) is 13.3 Å². The van der Waals surface area contributed by atoms with Crippen molar-refractivity contribution in [3.05, 3.63) is 70.8 Å². The smallest absolute Gasteiger partial charge is 0.314 e. The highest BCUT2D eigenvalue weighted by molar-refractivity contribution is 6.21. The molecule has 134 valence electrons. The van der Waals surface area contributed by atoms with E-state index >= 15 is 0 Å². The van der Waals surface area contributed by atoms with E-state index in [-0.39, 0.29) is 30.9 Å². The van der Waals surface area contributed by atoms with Gasteiger partial charge in [-0.05, 0) is 31.0 Å². The molecular formula is C20H21N3O3. The van der Waals surface area contributed by atoms with Crippen LogP contribution >= 0.6 is 0 Å². The second-order valence-corrected chi connectivity index (χ2v) is 6.23. The molecule has 1 aliphatic heterocycles. The fourth-order valence-electron chi connectivity index (χ4n) is 2.86. The number of aryl methyl sites for hydroxylation is 1. The minimum Gasteiger partial charge on any atom is -0.338 e. The topological polar surface area (TPSA) is 78.5 Å². The van der Waals surface area contributed by atoms with Crippen molar-refractivity contribution in [1.29, 1.82) is 0 Å². The van der Waals surface area contributed by atoms with Crippen LogP contribution in [0, 0.1) is 6.92 Å². The van der Waals surface area contributed by atoms with Gasteiger partial charge < -0.3 is 10.6 Å². The zero-order chi connectivity index (χ0) is 18.5. The molecule has 0 fully saturated rings. The number of amides is 4. The zero-order valence-electron chi connectivity index (χ0n) is 14.6. The molecule has 0 aromatic heterocycles. The maximum absolute atomic E-state index is 12.2. The Labute approximate surface area is 152 Å². The number of carbonyl (C=O) groups is 3. The van der Waals surface area contributed by atoms with E-state index in [0.29, 0.717) is 17.7 Å². The van der Waals surface area contributed by atoms with E-state index in [2.05, 4.69) is 10.6 Å². The Morgan fingerprint density at radius 3 is 2.08 bits per heavy atom. The maximum Gasteiger partial charge on any atom is 0.314 e. The molecule has 0 radical (unpaired) electrons. The Balaban J connectivity index is 1.40. The van der Waals surface area contributed by atoms with Crippen LogP contribution in [0.15, 0.2) is 48.5 Å². The van der Waals surface area contributed by atoms with E-state index in [1.165, 1.54) is 5.56 Å². The van der Waals surface area contributed by atoms with Gasteiger partial charge in [0.05, 0.1) is 11.1 Å². The predicted octanol–water partition coefficient (Wildman–Crippen LogP) is 2.13. The molecule has 26 heavy (non-hydrogen) atoms. The molecule has 0 unspecified atom stereocenters. The van der Waals surface area contributed by atoms with Crippen LogP contribution in [0.3, 0.4) is 0 Å². The number of hydrogen-bond donors (Lipinski definition) is 2. The Kier molecular flexibility index (Phi) is 5.31. The summed E-state index contributed by atoms with van der Waals surface area (Å²) in [7, 11) is 0. The van der Waals surface area contributed by atoms with Gasteiger partial charge in [0, 0.05) is 19.6 Å². The number of carbonyl (C=O) groups excluding carboxylic acids is 3. The third-order valence-corrected chi connectivity index (χ3v) is 4.32. The van der Waals surface area contributed by atoms with E-state index in [1.54, 1.807) is 24.3 Å². The summed E-state index contributed by atoms with van der Waals surface area (Å²) < 4.78 is 0. The predicted molar refractivity (Wildman–Crippen MR) is 98.1 cm³/mol. The van der Waals surface area contributed by atoms with Crippen LogP contribution < -0.4 is 10.6 Å². The van der Waals surface area contributed by atoms with Crippen LogP contribution in [0.4, 0.5) is 4.79 Å². The summed E-state index contributed by atoms with van der Waals surface area (Å²) in [6.07, 6.45) is 0.742. The van der Waals surface area contributed by atoms with Crippen molar-refractivity contribution in [3.63, 3.8) is 0 Å². The number of rotatable bonds is 6. The lowest BCUT2D eigenvalue weighted by atomic mass is 10.1. The lowest BCUT2D eigenvalue weighted by molar-refractivity contribution is 0.0656. The fraction of sp³-hybridized carbons (Fsp3) is 0.250. The molecule has 0 aliphatic carbocycles. The molecule has 1 aliphatic rings. The molecular weight excluding hydrogens is 330 g/mol. The highest BCUT2D eigenvalue weighted by Crippen LogP contribution is 2.21. The van der Waals surface area contributed by atoms with E-state index in [9.17, 15) is 14.4 Å². The number of nitrogens with zero attached hydrogens (tertiary/aromatic N) is 1. The highest BCUT2D eigenvalue weighted by Gasteiger charge is 2.34. The Hall–Kier alpha value is -3.15. The SMILES string of the molecule is Cc1ccc(CCNC(=O)NCCN2C(=O)c3ccccc3C2=O)cc1. The van der Waals surface area contributed by atoms with Crippen LogP contribution in [-0.2, 0) is 6.42 Å². The third kappa shape index (κ3) is 3.91. The summed E-state index contributed by atoms with van der Waals surface area (Å²) >= 11 is 0. The minimum atomic E-state index is -0.313. The molecule has 1 heterocycles. The number of fused-ring (bicyclic) bond motifs is 1. The summed E-state index contributed by atoms with van der Waals surface area (Å²) in [6.45, 7) is 2.91. The third-order valence-electron chi connectivity index (χ3n) is 4.32. The first-order valence-electron chi connectivity index (χ1n) is 8.59. The zero-order valence-corrected chi connectivity index (χ0v) is 14.6. The van der Waals surface area contributed by atoms with Gasteiger partial charge >= 0.3 is 6.03 Å². The fourth-order valence-corrected chi connectivity index (χ4v) is 2.86. The molecule has 0 saturated carbocycles. The average molecular weight is 351 g/mol. The van der Waals surface area contributed by atoms with Gasteiger partial charge in [0.25, 0.3) is 11.8 Å². The number of hydrogen-bond acceptors (Lipinski definition) is 3. The number of urea groups is 1. The number of imide groups is 1. The van der Waals surface area contributed by atoms with Crippen LogP contribution in [0.1, 0.15) is 31.8 Å². The van der Waals surface area contributed by atoms with Crippen molar-refractivity contribution in [1.82, 2.24) is 15.5 Å². The van der Waals surface area contributed by atoms with E-state index in [0.717, 1.165) is 16.9 Å². The summed E-state index contributed by atoms with van der Waals surface area (Å²) in [4.78, 5) is 37.4. The molecule has 6 nitrogen and oxygen atoms in total. The van der Waals surface area contributed by atoms with E-state index in [4.69, 9.17) is 0 Å². The summed E-state index contributed by atoms with van der Waals surface area (Å²) in [5, 5.41) is 5.45. The second kappa shape index (κ2) is 7.82. The van der Waals surface area contributed by atoms with Gasteiger partial charge in [-0.15, -0.1) is 0 Å². The maximum atomic E-state index is 12.2. The first-order chi connectivity index (χ1) is 12.6. The Morgan fingerprint density at radius 1 is 0.885 bits per heavy atom. The molecule has 4 amide bonds. The Bertz CT molecular complexity index is 795. The first-order valence-corrected chi connectivity index (χ1v) is 8.59.